The molecule has 1 atom stereocenters. The van der Waals surface area contributed by atoms with Crippen molar-refractivity contribution in [1.82, 2.24) is 9.80 Å². The van der Waals surface area contributed by atoms with E-state index >= 15 is 0 Å². The Hall–Kier alpha value is -2.08. The van der Waals surface area contributed by atoms with E-state index in [1.807, 2.05) is 15.9 Å². The highest BCUT2D eigenvalue weighted by molar-refractivity contribution is 5.80. The van der Waals surface area contributed by atoms with Crippen molar-refractivity contribution in [1.29, 1.82) is 0 Å². The Morgan fingerprint density at radius 1 is 1.14 bits per heavy atom. The molecule has 1 unspecified atom stereocenters. The van der Waals surface area contributed by atoms with Crippen molar-refractivity contribution in [2.75, 3.05) is 26.2 Å². The molecule has 2 amide bonds. The van der Waals surface area contributed by atoms with E-state index in [9.17, 15) is 9.59 Å². The van der Waals surface area contributed by atoms with Gasteiger partial charge in [-0.1, -0.05) is 12.2 Å². The number of ether oxygens (including phenoxy) is 1. The van der Waals surface area contributed by atoms with Crippen LogP contribution >= 0.6 is 0 Å². The van der Waals surface area contributed by atoms with Crippen LogP contribution in [-0.4, -0.2) is 59.5 Å². The minimum Gasteiger partial charge on any atom is -0.472 e. The summed E-state index contributed by atoms with van der Waals surface area (Å²) in [5.41, 5.74) is 1.07. The Bertz CT molecular complexity index is 792. The molecule has 29 heavy (non-hydrogen) atoms. The van der Waals surface area contributed by atoms with E-state index in [0.29, 0.717) is 38.0 Å². The van der Waals surface area contributed by atoms with Crippen molar-refractivity contribution in [3.8, 4) is 0 Å². The third-order valence-electron chi connectivity index (χ3n) is 7.35. The van der Waals surface area contributed by atoms with Crippen LogP contribution in [0.1, 0.15) is 50.5 Å². The molecule has 2 spiro atoms. The van der Waals surface area contributed by atoms with E-state index in [2.05, 4.69) is 12.2 Å². The number of nitrogens with zero attached hydrogens (tertiary/aromatic N) is 2. The zero-order valence-electron chi connectivity index (χ0n) is 17.0. The maximum Gasteiger partial charge on any atom is 0.227 e. The van der Waals surface area contributed by atoms with E-state index in [1.165, 1.54) is 12.8 Å². The molecule has 3 fully saturated rings. The SMILES string of the molecule is O=C(CC1CN(C(=O)Cc2ccoc2)C2(CCC2)CO1)N1CC=CCC2(CC2)C1. The van der Waals surface area contributed by atoms with Crippen molar-refractivity contribution in [3.05, 3.63) is 36.3 Å². The molecular formula is C23H30N2O4. The maximum absolute atomic E-state index is 13.1. The minimum atomic E-state index is -0.218. The summed E-state index contributed by atoms with van der Waals surface area (Å²) in [7, 11) is 0. The van der Waals surface area contributed by atoms with Crippen LogP contribution in [0.15, 0.2) is 35.2 Å². The zero-order chi connectivity index (χ0) is 19.9. The van der Waals surface area contributed by atoms with Gasteiger partial charge in [-0.3, -0.25) is 9.59 Å². The zero-order valence-corrected chi connectivity index (χ0v) is 17.0. The van der Waals surface area contributed by atoms with Crippen LogP contribution in [0.25, 0.3) is 0 Å². The largest absolute Gasteiger partial charge is 0.472 e. The fraction of sp³-hybridized carbons (Fsp3) is 0.652. The van der Waals surface area contributed by atoms with Gasteiger partial charge in [0.15, 0.2) is 0 Å². The number of rotatable bonds is 4. The van der Waals surface area contributed by atoms with E-state index in [0.717, 1.165) is 37.8 Å². The van der Waals surface area contributed by atoms with E-state index < -0.39 is 0 Å². The summed E-state index contributed by atoms with van der Waals surface area (Å²) in [6.45, 7) is 2.61. The second-order valence-corrected chi connectivity index (χ2v) is 9.48. The van der Waals surface area contributed by atoms with Gasteiger partial charge in [0.25, 0.3) is 0 Å². The molecule has 0 radical (unpaired) electrons. The summed E-state index contributed by atoms with van der Waals surface area (Å²) in [4.78, 5) is 30.1. The number of morpholine rings is 1. The predicted molar refractivity (Wildman–Crippen MR) is 107 cm³/mol. The Morgan fingerprint density at radius 2 is 2.00 bits per heavy atom. The second-order valence-electron chi connectivity index (χ2n) is 9.48. The van der Waals surface area contributed by atoms with Crippen LogP contribution in [0.4, 0.5) is 0 Å². The minimum absolute atomic E-state index is 0.112. The first-order valence-electron chi connectivity index (χ1n) is 10.9. The standard InChI is InChI=1S/C23H30N2O4/c26-20(24-10-2-1-5-22(16-24)8-9-22)13-19-14-25(23(17-29-19)6-3-7-23)21(27)12-18-4-11-28-15-18/h1-2,4,11,15,19H,3,5-10,12-14,16-17H2. The molecule has 4 aliphatic rings. The van der Waals surface area contributed by atoms with Crippen molar-refractivity contribution in [2.24, 2.45) is 5.41 Å². The first-order chi connectivity index (χ1) is 14.1. The Morgan fingerprint density at radius 3 is 2.69 bits per heavy atom. The Balaban J connectivity index is 1.23. The highest BCUT2D eigenvalue weighted by Gasteiger charge is 2.49. The molecule has 6 nitrogen and oxygen atoms in total. The van der Waals surface area contributed by atoms with Crippen molar-refractivity contribution in [2.45, 2.75) is 63.0 Å². The van der Waals surface area contributed by atoms with Crippen molar-refractivity contribution < 1.29 is 18.7 Å². The first kappa shape index (κ1) is 18.9. The topological polar surface area (TPSA) is 63.0 Å². The van der Waals surface area contributed by atoms with Gasteiger partial charge in [0.1, 0.15) is 0 Å². The molecule has 0 N–H and O–H groups in total. The van der Waals surface area contributed by atoms with Crippen LogP contribution in [0, 0.1) is 5.41 Å². The highest BCUT2D eigenvalue weighted by Crippen LogP contribution is 2.50. The van der Waals surface area contributed by atoms with Gasteiger partial charge in [0, 0.05) is 19.6 Å². The summed E-state index contributed by atoms with van der Waals surface area (Å²) in [5.74, 6) is 0.265. The summed E-state index contributed by atoms with van der Waals surface area (Å²) in [6.07, 6.45) is 14.7. The molecule has 3 heterocycles. The normalized spacial score (nSPS) is 27.0. The van der Waals surface area contributed by atoms with Crippen LogP contribution < -0.4 is 0 Å². The lowest BCUT2D eigenvalue weighted by molar-refractivity contribution is -0.173. The number of hydrogen-bond donors (Lipinski definition) is 0. The molecule has 2 saturated carbocycles. The number of amides is 2. The van der Waals surface area contributed by atoms with Crippen LogP contribution in [0.3, 0.4) is 0 Å². The first-order valence-corrected chi connectivity index (χ1v) is 10.9. The van der Waals surface area contributed by atoms with Gasteiger partial charge in [-0.05, 0) is 55.6 Å². The van der Waals surface area contributed by atoms with E-state index in [1.54, 1.807) is 12.5 Å². The molecule has 1 saturated heterocycles. The molecular weight excluding hydrogens is 368 g/mol. The van der Waals surface area contributed by atoms with Crippen LogP contribution in [0.2, 0.25) is 0 Å². The molecule has 5 rings (SSSR count). The monoisotopic (exact) mass is 398 g/mol. The highest BCUT2D eigenvalue weighted by atomic mass is 16.5. The second kappa shape index (κ2) is 7.31. The third-order valence-corrected chi connectivity index (χ3v) is 7.35. The summed E-state index contributed by atoms with van der Waals surface area (Å²) < 4.78 is 11.3. The van der Waals surface area contributed by atoms with Crippen LogP contribution in [-0.2, 0) is 20.7 Å². The Labute approximate surface area is 171 Å². The fourth-order valence-electron chi connectivity index (χ4n) is 5.08. The number of hydrogen-bond acceptors (Lipinski definition) is 4. The summed E-state index contributed by atoms with van der Waals surface area (Å²) in [5, 5.41) is 0. The molecule has 1 aromatic heterocycles. The lowest BCUT2D eigenvalue weighted by Gasteiger charge is -2.54. The van der Waals surface area contributed by atoms with E-state index in [4.69, 9.17) is 9.15 Å². The third kappa shape index (κ3) is 3.75. The fourth-order valence-corrected chi connectivity index (χ4v) is 5.08. The van der Waals surface area contributed by atoms with Gasteiger partial charge in [0.2, 0.25) is 11.8 Å². The lowest BCUT2D eigenvalue weighted by atomic mass is 9.74. The van der Waals surface area contributed by atoms with Crippen molar-refractivity contribution >= 4 is 11.8 Å². The number of furan rings is 1. The molecule has 6 heteroatoms. The lowest BCUT2D eigenvalue weighted by Crippen LogP contribution is -2.65. The van der Waals surface area contributed by atoms with Gasteiger partial charge in [-0.15, -0.1) is 0 Å². The number of allylic oxidation sites excluding steroid dienone is 1. The molecule has 2 aliphatic heterocycles. The Kier molecular flexibility index (Phi) is 4.77. The smallest absolute Gasteiger partial charge is 0.227 e. The number of carbonyl (C=O) groups excluding carboxylic acids is 2. The van der Waals surface area contributed by atoms with Gasteiger partial charge >= 0.3 is 0 Å². The molecule has 2 aliphatic carbocycles. The predicted octanol–water partition coefficient (Wildman–Crippen LogP) is 2.93. The van der Waals surface area contributed by atoms with E-state index in [-0.39, 0.29) is 23.5 Å². The molecule has 0 bridgehead atoms. The average molecular weight is 399 g/mol. The van der Waals surface area contributed by atoms with Gasteiger partial charge in [-0.2, -0.15) is 0 Å². The van der Waals surface area contributed by atoms with Crippen LogP contribution in [0.5, 0.6) is 0 Å². The summed E-state index contributed by atoms with van der Waals surface area (Å²) in [6, 6.07) is 1.84. The van der Waals surface area contributed by atoms with Gasteiger partial charge in [-0.25, -0.2) is 0 Å². The molecule has 156 valence electrons. The molecule has 1 aromatic rings. The molecule has 0 aromatic carbocycles. The van der Waals surface area contributed by atoms with Gasteiger partial charge in [0.05, 0.1) is 43.6 Å². The quantitative estimate of drug-likeness (QED) is 0.732. The van der Waals surface area contributed by atoms with Crippen molar-refractivity contribution in [3.63, 3.8) is 0 Å². The summed E-state index contributed by atoms with van der Waals surface area (Å²) >= 11 is 0. The maximum atomic E-state index is 13.1. The number of carbonyl (C=O) groups is 2. The van der Waals surface area contributed by atoms with Gasteiger partial charge < -0.3 is 19.0 Å². The average Bonchev–Trinajstić information content (AvgIpc) is 3.34.